The van der Waals surface area contributed by atoms with Crippen molar-refractivity contribution < 1.29 is 9.53 Å². The summed E-state index contributed by atoms with van der Waals surface area (Å²) in [5, 5.41) is 4.51. The molecule has 3 heterocycles. The molecule has 1 aromatic carbocycles. The van der Waals surface area contributed by atoms with Crippen LogP contribution in [0.5, 0.6) is 5.75 Å². The third-order valence-electron chi connectivity index (χ3n) is 5.87. The number of aromatic nitrogens is 4. The van der Waals surface area contributed by atoms with Gasteiger partial charge in [0.25, 0.3) is 5.91 Å². The van der Waals surface area contributed by atoms with E-state index in [9.17, 15) is 4.79 Å². The zero-order chi connectivity index (χ0) is 23.2. The first-order valence-corrected chi connectivity index (χ1v) is 11.7. The van der Waals surface area contributed by atoms with Crippen LogP contribution in [0, 0.1) is 13.8 Å². The number of rotatable bonds is 8. The molecule has 1 fully saturated rings. The fourth-order valence-corrected chi connectivity index (χ4v) is 4.04. The zero-order valence-electron chi connectivity index (χ0n) is 19.7. The predicted molar refractivity (Wildman–Crippen MR) is 128 cm³/mol. The van der Waals surface area contributed by atoms with Gasteiger partial charge in [-0.15, -0.1) is 0 Å². The lowest BCUT2D eigenvalue weighted by atomic mass is 10.1. The second-order valence-electron chi connectivity index (χ2n) is 8.43. The van der Waals surface area contributed by atoms with E-state index in [1.165, 1.54) is 12.8 Å². The van der Waals surface area contributed by atoms with Crippen molar-refractivity contribution in [1.82, 2.24) is 24.6 Å². The van der Waals surface area contributed by atoms with E-state index in [-0.39, 0.29) is 5.91 Å². The van der Waals surface area contributed by atoms with Crippen LogP contribution in [0.25, 0.3) is 5.82 Å². The monoisotopic (exact) mass is 448 g/mol. The Balaban J connectivity index is 1.34. The highest BCUT2D eigenvalue weighted by atomic mass is 16.5. The third-order valence-corrected chi connectivity index (χ3v) is 5.87. The maximum atomic E-state index is 13.0. The average molecular weight is 449 g/mol. The topological polar surface area (TPSA) is 76.4 Å². The highest BCUT2D eigenvalue weighted by Gasteiger charge is 2.23. The number of unbranched alkanes of at least 4 members (excludes halogenated alkanes) is 2. The number of benzene rings is 1. The minimum atomic E-state index is 0.0539. The van der Waals surface area contributed by atoms with Gasteiger partial charge < -0.3 is 14.5 Å². The summed E-state index contributed by atoms with van der Waals surface area (Å²) in [6, 6.07) is 11.5. The maximum absolute atomic E-state index is 13.0. The minimum absolute atomic E-state index is 0.0539. The number of anilines is 1. The van der Waals surface area contributed by atoms with Crippen LogP contribution in [0.15, 0.2) is 42.7 Å². The molecule has 4 rings (SSSR count). The molecule has 0 saturated carbocycles. The van der Waals surface area contributed by atoms with Crippen LogP contribution in [0.2, 0.25) is 0 Å². The number of carbonyl (C=O) groups is 1. The maximum Gasteiger partial charge on any atom is 0.253 e. The Morgan fingerprint density at radius 3 is 2.36 bits per heavy atom. The quantitative estimate of drug-likeness (QED) is 0.488. The summed E-state index contributed by atoms with van der Waals surface area (Å²) >= 11 is 0. The smallest absolute Gasteiger partial charge is 0.253 e. The summed E-state index contributed by atoms with van der Waals surface area (Å²) < 4.78 is 7.58. The van der Waals surface area contributed by atoms with Crippen molar-refractivity contribution >= 4 is 11.7 Å². The van der Waals surface area contributed by atoms with Crippen LogP contribution < -0.4 is 9.64 Å². The summed E-state index contributed by atoms with van der Waals surface area (Å²) in [5.41, 5.74) is 2.68. The number of hydrogen-bond donors (Lipinski definition) is 0. The van der Waals surface area contributed by atoms with Crippen molar-refractivity contribution in [1.29, 1.82) is 0 Å². The van der Waals surface area contributed by atoms with E-state index in [0.29, 0.717) is 25.3 Å². The summed E-state index contributed by atoms with van der Waals surface area (Å²) in [5.74, 6) is 2.47. The van der Waals surface area contributed by atoms with Gasteiger partial charge in [0.2, 0.25) is 0 Å². The largest absolute Gasteiger partial charge is 0.494 e. The molecule has 0 N–H and O–H groups in total. The molecule has 2 aromatic heterocycles. The Kier molecular flexibility index (Phi) is 7.22. The van der Waals surface area contributed by atoms with Gasteiger partial charge in [0.05, 0.1) is 12.3 Å². The van der Waals surface area contributed by atoms with Crippen LogP contribution in [0.3, 0.4) is 0 Å². The summed E-state index contributed by atoms with van der Waals surface area (Å²) in [4.78, 5) is 25.9. The lowest BCUT2D eigenvalue weighted by Crippen LogP contribution is -2.49. The van der Waals surface area contributed by atoms with E-state index in [4.69, 9.17) is 4.74 Å². The average Bonchev–Trinajstić information content (AvgIpc) is 3.20. The van der Waals surface area contributed by atoms with Gasteiger partial charge in [-0.25, -0.2) is 14.6 Å². The van der Waals surface area contributed by atoms with Gasteiger partial charge in [-0.3, -0.25) is 4.79 Å². The Morgan fingerprint density at radius 1 is 0.970 bits per heavy atom. The lowest BCUT2D eigenvalue weighted by Gasteiger charge is -2.35. The molecule has 174 valence electrons. The first kappa shape index (κ1) is 22.8. The van der Waals surface area contributed by atoms with E-state index >= 15 is 0 Å². The van der Waals surface area contributed by atoms with E-state index in [2.05, 4.69) is 26.9 Å². The van der Waals surface area contributed by atoms with Gasteiger partial charge in [-0.1, -0.05) is 19.8 Å². The molecule has 8 heteroatoms. The predicted octanol–water partition coefficient (Wildman–Crippen LogP) is 3.81. The van der Waals surface area contributed by atoms with Crippen molar-refractivity contribution in [3.05, 3.63) is 59.7 Å². The molecule has 0 spiro atoms. The molecular formula is C25H32N6O2. The fraction of sp³-hybridized carbons (Fsp3) is 0.440. The molecule has 1 amide bonds. The Hall–Kier alpha value is -3.42. The molecule has 3 aromatic rings. The molecule has 0 bridgehead atoms. The van der Waals surface area contributed by atoms with Crippen LogP contribution >= 0.6 is 0 Å². The Labute approximate surface area is 195 Å². The lowest BCUT2D eigenvalue weighted by molar-refractivity contribution is 0.0746. The standard InChI is InChI=1S/C25H32N6O2/c1-4-5-6-15-33-22-9-7-21(8-10-22)25(32)30-13-11-29(12-14-30)23-17-24(27-18-26-23)31-20(3)16-19(2)28-31/h7-10,16-18H,4-6,11-15H2,1-3H3. The Morgan fingerprint density at radius 2 is 1.70 bits per heavy atom. The molecule has 1 saturated heterocycles. The molecule has 1 aliphatic rings. The van der Waals surface area contributed by atoms with Gasteiger partial charge in [-0.05, 0) is 50.6 Å². The van der Waals surface area contributed by atoms with Crippen molar-refractivity contribution in [3.63, 3.8) is 0 Å². The molecule has 0 atom stereocenters. The van der Waals surface area contributed by atoms with Crippen molar-refractivity contribution in [2.75, 3.05) is 37.7 Å². The van der Waals surface area contributed by atoms with Crippen molar-refractivity contribution in [2.45, 2.75) is 40.0 Å². The molecule has 0 aliphatic carbocycles. The fourth-order valence-electron chi connectivity index (χ4n) is 4.04. The van der Waals surface area contributed by atoms with Gasteiger partial charge in [0, 0.05) is 43.5 Å². The zero-order valence-corrected chi connectivity index (χ0v) is 19.7. The van der Waals surface area contributed by atoms with E-state index < -0.39 is 0 Å². The van der Waals surface area contributed by atoms with Crippen LogP contribution in [0.1, 0.15) is 47.9 Å². The first-order valence-electron chi connectivity index (χ1n) is 11.7. The van der Waals surface area contributed by atoms with E-state index in [1.54, 1.807) is 6.33 Å². The SMILES string of the molecule is CCCCCOc1ccc(C(=O)N2CCN(c3cc(-n4nc(C)cc4C)ncn3)CC2)cc1. The molecule has 1 aliphatic heterocycles. The van der Waals surface area contributed by atoms with Crippen LogP contribution in [-0.2, 0) is 0 Å². The summed E-state index contributed by atoms with van der Waals surface area (Å²) in [6.45, 7) is 9.60. The third kappa shape index (κ3) is 5.50. The number of ether oxygens (including phenoxy) is 1. The minimum Gasteiger partial charge on any atom is -0.494 e. The molecule has 0 unspecified atom stereocenters. The number of amides is 1. The normalized spacial score (nSPS) is 13.9. The van der Waals surface area contributed by atoms with Crippen molar-refractivity contribution in [2.24, 2.45) is 0 Å². The second-order valence-corrected chi connectivity index (χ2v) is 8.43. The van der Waals surface area contributed by atoms with Crippen LogP contribution in [-0.4, -0.2) is 63.3 Å². The number of piperazine rings is 1. The number of aryl methyl sites for hydroxylation is 2. The highest BCUT2D eigenvalue weighted by molar-refractivity contribution is 5.94. The van der Waals surface area contributed by atoms with Gasteiger partial charge in [-0.2, -0.15) is 5.10 Å². The summed E-state index contributed by atoms with van der Waals surface area (Å²) in [7, 11) is 0. The van der Waals surface area contributed by atoms with E-state index in [1.807, 2.05) is 59.8 Å². The Bertz CT molecular complexity index is 1070. The van der Waals surface area contributed by atoms with Crippen molar-refractivity contribution in [3.8, 4) is 11.6 Å². The number of nitrogens with zero attached hydrogens (tertiary/aromatic N) is 6. The molecule has 0 radical (unpaired) electrons. The molecule has 8 nitrogen and oxygen atoms in total. The second kappa shape index (κ2) is 10.5. The van der Waals surface area contributed by atoms with Gasteiger partial charge in [0.1, 0.15) is 17.9 Å². The number of carbonyl (C=O) groups excluding carboxylic acids is 1. The molecular weight excluding hydrogens is 416 g/mol. The summed E-state index contributed by atoms with van der Waals surface area (Å²) in [6.07, 6.45) is 4.97. The van der Waals surface area contributed by atoms with Gasteiger partial charge >= 0.3 is 0 Å². The van der Waals surface area contributed by atoms with E-state index in [0.717, 1.165) is 48.3 Å². The van der Waals surface area contributed by atoms with Crippen LogP contribution in [0.4, 0.5) is 5.82 Å². The highest BCUT2D eigenvalue weighted by Crippen LogP contribution is 2.19. The number of hydrogen-bond acceptors (Lipinski definition) is 6. The van der Waals surface area contributed by atoms with Gasteiger partial charge in [0.15, 0.2) is 5.82 Å². The molecule has 33 heavy (non-hydrogen) atoms. The first-order chi connectivity index (χ1) is 16.0.